The Kier molecular flexibility index (Phi) is 2.41. The van der Waals surface area contributed by atoms with Gasteiger partial charge in [0.05, 0.1) is 22.1 Å². The third kappa shape index (κ3) is 1.74. The lowest BCUT2D eigenvalue weighted by molar-refractivity contribution is 0.103. The number of para-hydroxylation sites is 3. The molecular formula is C16H10FN3O. The first-order chi connectivity index (χ1) is 10.2. The number of nitrogens with zero attached hydrogens (tertiary/aromatic N) is 1. The Morgan fingerprint density at radius 3 is 2.81 bits per heavy atom. The lowest BCUT2D eigenvalue weighted by Crippen LogP contribution is -2.02. The smallest absolute Gasteiger partial charge is 0.230 e. The summed E-state index contributed by atoms with van der Waals surface area (Å²) in [5, 5.41) is 0.556. The van der Waals surface area contributed by atoms with Crippen LogP contribution in [0.4, 0.5) is 4.39 Å². The van der Waals surface area contributed by atoms with E-state index in [1.807, 2.05) is 24.3 Å². The Labute approximate surface area is 118 Å². The van der Waals surface area contributed by atoms with Crippen LogP contribution < -0.4 is 0 Å². The van der Waals surface area contributed by atoms with Crippen LogP contribution in [0.15, 0.2) is 48.7 Å². The van der Waals surface area contributed by atoms with E-state index in [-0.39, 0.29) is 17.4 Å². The Hall–Kier alpha value is -2.95. The predicted octanol–water partition coefficient (Wildman–Crippen LogP) is 3.41. The summed E-state index contributed by atoms with van der Waals surface area (Å²) in [7, 11) is 0. The number of ketones is 1. The normalized spacial score (nSPS) is 11.3. The van der Waals surface area contributed by atoms with Crippen molar-refractivity contribution < 1.29 is 9.18 Å². The lowest BCUT2D eigenvalue weighted by atomic mass is 10.1. The zero-order chi connectivity index (χ0) is 14.4. The van der Waals surface area contributed by atoms with Crippen molar-refractivity contribution in [1.82, 2.24) is 15.0 Å². The zero-order valence-electron chi connectivity index (χ0n) is 10.9. The second kappa shape index (κ2) is 4.28. The first kappa shape index (κ1) is 11.8. The standard InChI is InChI=1S/C16H10FN3O/c17-11-5-3-4-9-10(8-18-14(9)11)15(21)16-19-12-6-1-2-7-13(12)20-16/h1-8,18H,(H,19,20). The highest BCUT2D eigenvalue weighted by molar-refractivity contribution is 6.15. The van der Waals surface area contributed by atoms with Crippen LogP contribution in [0.5, 0.6) is 0 Å². The summed E-state index contributed by atoms with van der Waals surface area (Å²) in [4.78, 5) is 22.6. The molecule has 2 aromatic heterocycles. The Balaban J connectivity index is 1.88. The van der Waals surface area contributed by atoms with Gasteiger partial charge in [-0.1, -0.05) is 24.3 Å². The molecule has 0 aliphatic heterocycles. The molecule has 2 N–H and O–H groups in total. The molecule has 0 atom stereocenters. The van der Waals surface area contributed by atoms with Crippen LogP contribution >= 0.6 is 0 Å². The van der Waals surface area contributed by atoms with Gasteiger partial charge in [0.2, 0.25) is 5.78 Å². The number of H-pyrrole nitrogens is 2. The fourth-order valence-corrected chi connectivity index (χ4v) is 2.49. The van der Waals surface area contributed by atoms with Crippen molar-refractivity contribution in [2.24, 2.45) is 0 Å². The van der Waals surface area contributed by atoms with Crippen molar-refractivity contribution in [2.75, 3.05) is 0 Å². The summed E-state index contributed by atoms with van der Waals surface area (Å²) in [5.41, 5.74) is 2.26. The number of halogens is 1. The fraction of sp³-hybridized carbons (Fsp3) is 0. The minimum Gasteiger partial charge on any atom is -0.358 e. The third-order valence-corrected chi connectivity index (χ3v) is 3.51. The highest BCUT2D eigenvalue weighted by Gasteiger charge is 2.18. The van der Waals surface area contributed by atoms with Gasteiger partial charge < -0.3 is 9.97 Å². The predicted molar refractivity (Wildman–Crippen MR) is 77.8 cm³/mol. The van der Waals surface area contributed by atoms with Crippen LogP contribution in [0, 0.1) is 5.82 Å². The van der Waals surface area contributed by atoms with Gasteiger partial charge in [-0.15, -0.1) is 0 Å². The molecular weight excluding hydrogens is 269 g/mol. The van der Waals surface area contributed by atoms with E-state index in [1.54, 1.807) is 12.1 Å². The second-order valence-electron chi connectivity index (χ2n) is 4.80. The lowest BCUT2D eigenvalue weighted by Gasteiger charge is -1.96. The van der Waals surface area contributed by atoms with Crippen molar-refractivity contribution in [2.45, 2.75) is 0 Å². The summed E-state index contributed by atoms with van der Waals surface area (Å²) in [6.45, 7) is 0. The molecule has 0 aliphatic carbocycles. The monoisotopic (exact) mass is 279 g/mol. The van der Waals surface area contributed by atoms with E-state index in [9.17, 15) is 9.18 Å². The third-order valence-electron chi connectivity index (χ3n) is 3.51. The number of aromatic amines is 2. The quantitative estimate of drug-likeness (QED) is 0.552. The number of benzene rings is 2. The molecule has 4 aromatic rings. The Bertz CT molecular complexity index is 950. The van der Waals surface area contributed by atoms with Gasteiger partial charge in [-0.05, 0) is 18.2 Å². The number of imidazole rings is 1. The summed E-state index contributed by atoms with van der Waals surface area (Å²) >= 11 is 0. The molecule has 0 aliphatic rings. The molecule has 4 nitrogen and oxygen atoms in total. The highest BCUT2D eigenvalue weighted by atomic mass is 19.1. The van der Waals surface area contributed by atoms with E-state index >= 15 is 0 Å². The Morgan fingerprint density at radius 2 is 1.95 bits per heavy atom. The van der Waals surface area contributed by atoms with E-state index in [4.69, 9.17) is 0 Å². The molecule has 5 heteroatoms. The molecule has 0 unspecified atom stereocenters. The average molecular weight is 279 g/mol. The number of hydrogen-bond donors (Lipinski definition) is 2. The minimum absolute atomic E-state index is 0.251. The Morgan fingerprint density at radius 1 is 1.10 bits per heavy atom. The van der Waals surface area contributed by atoms with Gasteiger partial charge in [0.15, 0.2) is 5.82 Å². The van der Waals surface area contributed by atoms with Gasteiger partial charge in [0.25, 0.3) is 0 Å². The van der Waals surface area contributed by atoms with E-state index in [0.29, 0.717) is 16.5 Å². The van der Waals surface area contributed by atoms with E-state index in [2.05, 4.69) is 15.0 Å². The topological polar surface area (TPSA) is 61.5 Å². The molecule has 0 saturated carbocycles. The van der Waals surface area contributed by atoms with Crippen LogP contribution in [-0.2, 0) is 0 Å². The summed E-state index contributed by atoms with van der Waals surface area (Å²) in [6.07, 6.45) is 1.52. The van der Waals surface area contributed by atoms with Crippen molar-refractivity contribution in [3.8, 4) is 0 Å². The van der Waals surface area contributed by atoms with Crippen LogP contribution in [-0.4, -0.2) is 20.7 Å². The first-order valence-corrected chi connectivity index (χ1v) is 6.49. The summed E-state index contributed by atoms with van der Waals surface area (Å²) < 4.78 is 13.7. The molecule has 2 aromatic carbocycles. The van der Waals surface area contributed by atoms with Crippen molar-refractivity contribution >= 4 is 27.7 Å². The summed E-state index contributed by atoms with van der Waals surface area (Å²) in [6, 6.07) is 12.1. The van der Waals surface area contributed by atoms with Gasteiger partial charge in [-0.25, -0.2) is 9.37 Å². The number of carbonyl (C=O) groups excluding carboxylic acids is 1. The number of hydrogen-bond acceptors (Lipinski definition) is 2. The van der Waals surface area contributed by atoms with E-state index in [0.717, 1.165) is 11.0 Å². The fourth-order valence-electron chi connectivity index (χ4n) is 2.49. The molecule has 0 amide bonds. The van der Waals surface area contributed by atoms with Crippen molar-refractivity contribution in [1.29, 1.82) is 0 Å². The van der Waals surface area contributed by atoms with Gasteiger partial charge in [-0.3, -0.25) is 4.79 Å². The van der Waals surface area contributed by atoms with Crippen molar-refractivity contribution in [3.63, 3.8) is 0 Å². The van der Waals surface area contributed by atoms with E-state index in [1.165, 1.54) is 12.3 Å². The van der Waals surface area contributed by atoms with Gasteiger partial charge in [0.1, 0.15) is 5.82 Å². The number of rotatable bonds is 2. The SMILES string of the molecule is O=C(c1nc2ccccc2[nH]1)c1c[nH]c2c(F)cccc12. The molecule has 2 heterocycles. The molecule has 0 fully saturated rings. The average Bonchev–Trinajstić information content (AvgIpc) is 3.11. The first-order valence-electron chi connectivity index (χ1n) is 6.49. The highest BCUT2D eigenvalue weighted by Crippen LogP contribution is 2.23. The largest absolute Gasteiger partial charge is 0.358 e. The number of aromatic nitrogens is 3. The molecule has 0 saturated heterocycles. The molecule has 0 bridgehead atoms. The van der Waals surface area contributed by atoms with Crippen LogP contribution in [0.1, 0.15) is 16.2 Å². The minimum atomic E-state index is -0.379. The van der Waals surface area contributed by atoms with Gasteiger partial charge >= 0.3 is 0 Å². The van der Waals surface area contributed by atoms with Gasteiger partial charge in [-0.2, -0.15) is 0 Å². The zero-order valence-corrected chi connectivity index (χ0v) is 10.9. The van der Waals surface area contributed by atoms with Crippen molar-refractivity contribution in [3.05, 3.63) is 65.9 Å². The summed E-state index contributed by atoms with van der Waals surface area (Å²) in [5.74, 6) is -0.388. The number of nitrogens with one attached hydrogen (secondary N) is 2. The molecule has 21 heavy (non-hydrogen) atoms. The molecule has 0 spiro atoms. The maximum Gasteiger partial charge on any atom is 0.230 e. The maximum atomic E-state index is 13.7. The van der Waals surface area contributed by atoms with Crippen LogP contribution in [0.25, 0.3) is 21.9 Å². The molecule has 102 valence electrons. The van der Waals surface area contributed by atoms with Gasteiger partial charge in [0, 0.05) is 11.6 Å². The number of carbonyl (C=O) groups is 1. The van der Waals surface area contributed by atoms with Crippen LogP contribution in [0.3, 0.4) is 0 Å². The van der Waals surface area contributed by atoms with E-state index < -0.39 is 0 Å². The maximum absolute atomic E-state index is 13.7. The second-order valence-corrected chi connectivity index (χ2v) is 4.80. The number of fused-ring (bicyclic) bond motifs is 2. The molecule has 4 rings (SSSR count). The van der Waals surface area contributed by atoms with Crippen LogP contribution in [0.2, 0.25) is 0 Å². The molecule has 0 radical (unpaired) electrons.